The minimum atomic E-state index is -0.745. The Hall–Kier alpha value is -2.54. The second-order valence-electron chi connectivity index (χ2n) is 6.20. The van der Waals surface area contributed by atoms with Gasteiger partial charge in [0.1, 0.15) is 17.7 Å². The lowest BCUT2D eigenvalue weighted by atomic mass is 9.88. The number of rotatable bonds is 4. The largest absolute Gasteiger partial charge is 0.471 e. The summed E-state index contributed by atoms with van der Waals surface area (Å²) in [6, 6.07) is 4.69. The molecule has 7 heteroatoms. The van der Waals surface area contributed by atoms with Crippen LogP contribution in [0.3, 0.4) is 0 Å². The van der Waals surface area contributed by atoms with Gasteiger partial charge in [-0.3, -0.25) is 0 Å². The molecule has 5 nitrogen and oxygen atoms in total. The average molecular weight is 363 g/mol. The van der Waals surface area contributed by atoms with Crippen molar-refractivity contribution in [1.82, 2.24) is 4.98 Å². The fraction of sp³-hybridized carbons (Fsp3) is 0.368. The third kappa shape index (κ3) is 3.39. The minimum Gasteiger partial charge on any atom is -0.471 e. The number of pyridine rings is 1. The zero-order chi connectivity index (χ0) is 18.8. The number of benzene rings is 1. The maximum absolute atomic E-state index is 14.4. The standard InChI is InChI=1S/C19H19F2NO4/c1-3-25-19(24)16-8-13(12-5-4-11(20)7-15(12)21)14-6-10(2)17(9-23)26-18(14)22-16/h4-5,7-8,10,17,23H,3,6,9H2,1-2H3/t10-,17+/m0/s1. The van der Waals surface area contributed by atoms with Crippen LogP contribution >= 0.6 is 0 Å². The molecule has 2 heterocycles. The molecule has 0 fully saturated rings. The van der Waals surface area contributed by atoms with E-state index in [1.54, 1.807) is 6.92 Å². The lowest BCUT2D eigenvalue weighted by molar-refractivity contribution is 0.0491. The predicted molar refractivity (Wildman–Crippen MR) is 89.9 cm³/mol. The molecule has 0 spiro atoms. The molecule has 1 aliphatic rings. The first-order chi connectivity index (χ1) is 12.4. The number of aromatic nitrogens is 1. The van der Waals surface area contributed by atoms with Gasteiger partial charge < -0.3 is 14.6 Å². The highest BCUT2D eigenvalue weighted by Gasteiger charge is 2.31. The van der Waals surface area contributed by atoms with Crippen LogP contribution in [0.1, 0.15) is 29.9 Å². The van der Waals surface area contributed by atoms with Gasteiger partial charge in [0.25, 0.3) is 0 Å². The van der Waals surface area contributed by atoms with E-state index in [0.717, 1.165) is 12.1 Å². The van der Waals surface area contributed by atoms with E-state index < -0.39 is 23.7 Å². The number of hydrogen-bond donors (Lipinski definition) is 1. The van der Waals surface area contributed by atoms with Crippen molar-refractivity contribution in [3.05, 3.63) is 47.2 Å². The van der Waals surface area contributed by atoms with Crippen molar-refractivity contribution < 1.29 is 28.2 Å². The fourth-order valence-electron chi connectivity index (χ4n) is 3.03. The second kappa shape index (κ2) is 7.37. The first-order valence-corrected chi connectivity index (χ1v) is 8.38. The average Bonchev–Trinajstić information content (AvgIpc) is 2.61. The number of aliphatic hydroxyl groups excluding tert-OH is 1. The summed E-state index contributed by atoms with van der Waals surface area (Å²) in [7, 11) is 0. The van der Waals surface area contributed by atoms with E-state index in [1.807, 2.05) is 6.92 Å². The van der Waals surface area contributed by atoms with Gasteiger partial charge in [0.05, 0.1) is 13.2 Å². The summed E-state index contributed by atoms with van der Waals surface area (Å²) >= 11 is 0. The molecule has 1 aromatic carbocycles. The molecule has 3 rings (SSSR count). The van der Waals surface area contributed by atoms with Crippen LogP contribution in [-0.2, 0) is 11.2 Å². The highest BCUT2D eigenvalue weighted by molar-refractivity contribution is 5.90. The van der Waals surface area contributed by atoms with Gasteiger partial charge in [0, 0.05) is 17.2 Å². The first kappa shape index (κ1) is 18.3. The summed E-state index contributed by atoms with van der Waals surface area (Å²) in [5, 5.41) is 9.46. The predicted octanol–water partition coefficient (Wildman–Crippen LogP) is 3.14. The Balaban J connectivity index is 2.18. The summed E-state index contributed by atoms with van der Waals surface area (Å²) in [5.74, 6) is -1.98. The smallest absolute Gasteiger partial charge is 0.357 e. The van der Waals surface area contributed by atoms with Gasteiger partial charge >= 0.3 is 5.97 Å². The number of aliphatic hydroxyl groups is 1. The number of hydrogen-bond acceptors (Lipinski definition) is 5. The van der Waals surface area contributed by atoms with Crippen LogP contribution in [-0.4, -0.2) is 35.4 Å². The van der Waals surface area contributed by atoms with Gasteiger partial charge in [-0.1, -0.05) is 6.92 Å². The third-order valence-electron chi connectivity index (χ3n) is 4.40. The molecule has 1 N–H and O–H groups in total. The molecule has 0 radical (unpaired) electrons. The summed E-state index contributed by atoms with van der Waals surface area (Å²) in [5.41, 5.74) is 1.13. The molecule has 138 valence electrons. The molecular formula is C19H19F2NO4. The minimum absolute atomic E-state index is 0.0319. The molecule has 0 unspecified atom stereocenters. The van der Waals surface area contributed by atoms with E-state index in [9.17, 15) is 18.7 Å². The van der Waals surface area contributed by atoms with Gasteiger partial charge in [-0.2, -0.15) is 0 Å². The van der Waals surface area contributed by atoms with Crippen LogP contribution in [0.4, 0.5) is 8.78 Å². The van der Waals surface area contributed by atoms with Gasteiger partial charge in [-0.05, 0) is 43.0 Å². The van der Waals surface area contributed by atoms with E-state index in [0.29, 0.717) is 17.5 Å². The molecule has 26 heavy (non-hydrogen) atoms. The molecule has 1 aromatic heterocycles. The molecule has 0 amide bonds. The first-order valence-electron chi connectivity index (χ1n) is 8.38. The van der Waals surface area contributed by atoms with E-state index in [1.165, 1.54) is 12.1 Å². The van der Waals surface area contributed by atoms with Gasteiger partial charge in [-0.15, -0.1) is 0 Å². The summed E-state index contributed by atoms with van der Waals surface area (Å²) in [4.78, 5) is 16.3. The van der Waals surface area contributed by atoms with Crippen molar-refractivity contribution in [1.29, 1.82) is 0 Å². The number of carbonyl (C=O) groups is 1. The van der Waals surface area contributed by atoms with Gasteiger partial charge in [0.15, 0.2) is 5.69 Å². The van der Waals surface area contributed by atoms with Crippen LogP contribution in [0, 0.1) is 17.6 Å². The van der Waals surface area contributed by atoms with E-state index in [-0.39, 0.29) is 36.3 Å². The van der Waals surface area contributed by atoms with E-state index >= 15 is 0 Å². The van der Waals surface area contributed by atoms with Crippen LogP contribution < -0.4 is 4.74 Å². The van der Waals surface area contributed by atoms with Crippen molar-refractivity contribution in [3.63, 3.8) is 0 Å². The summed E-state index contributed by atoms with van der Waals surface area (Å²) in [6.07, 6.45) is 0.00127. The Kier molecular flexibility index (Phi) is 5.18. The number of fused-ring (bicyclic) bond motifs is 1. The fourth-order valence-corrected chi connectivity index (χ4v) is 3.03. The van der Waals surface area contributed by atoms with Crippen molar-refractivity contribution in [2.75, 3.05) is 13.2 Å². The number of ether oxygens (including phenoxy) is 2. The lowest BCUT2D eigenvalue weighted by Gasteiger charge is -2.31. The number of halogens is 2. The van der Waals surface area contributed by atoms with Crippen LogP contribution in [0.15, 0.2) is 24.3 Å². The molecule has 1 aliphatic heterocycles. The lowest BCUT2D eigenvalue weighted by Crippen LogP contribution is -2.35. The Morgan fingerprint density at radius 3 is 2.77 bits per heavy atom. The molecule has 2 atom stereocenters. The molecule has 2 aromatic rings. The number of esters is 1. The Bertz CT molecular complexity index is 841. The van der Waals surface area contributed by atoms with Crippen LogP contribution in [0.5, 0.6) is 5.88 Å². The summed E-state index contributed by atoms with van der Waals surface area (Å²) in [6.45, 7) is 3.52. The summed E-state index contributed by atoms with van der Waals surface area (Å²) < 4.78 is 38.4. The Morgan fingerprint density at radius 1 is 1.35 bits per heavy atom. The monoisotopic (exact) mass is 363 g/mol. The topological polar surface area (TPSA) is 68.7 Å². The van der Waals surface area contributed by atoms with Gasteiger partial charge in [-0.25, -0.2) is 18.6 Å². The van der Waals surface area contributed by atoms with Crippen molar-refractivity contribution in [2.24, 2.45) is 5.92 Å². The zero-order valence-electron chi connectivity index (χ0n) is 14.5. The highest BCUT2D eigenvalue weighted by Crippen LogP contribution is 2.38. The molecule has 0 bridgehead atoms. The van der Waals surface area contributed by atoms with E-state index in [2.05, 4.69) is 4.98 Å². The Labute approximate surface area is 149 Å². The van der Waals surface area contributed by atoms with Crippen molar-refractivity contribution >= 4 is 5.97 Å². The molecule has 0 saturated carbocycles. The van der Waals surface area contributed by atoms with Crippen LogP contribution in [0.2, 0.25) is 0 Å². The quantitative estimate of drug-likeness (QED) is 0.846. The molecule has 0 aliphatic carbocycles. The number of carbonyl (C=O) groups excluding carboxylic acids is 1. The third-order valence-corrected chi connectivity index (χ3v) is 4.40. The molecule has 0 saturated heterocycles. The second-order valence-corrected chi connectivity index (χ2v) is 6.20. The molecular weight excluding hydrogens is 344 g/mol. The van der Waals surface area contributed by atoms with E-state index in [4.69, 9.17) is 9.47 Å². The van der Waals surface area contributed by atoms with Crippen molar-refractivity contribution in [2.45, 2.75) is 26.4 Å². The maximum atomic E-state index is 14.4. The normalized spacial score (nSPS) is 18.8. The zero-order valence-corrected chi connectivity index (χ0v) is 14.5. The Morgan fingerprint density at radius 2 is 2.12 bits per heavy atom. The SMILES string of the molecule is CCOC(=O)c1cc(-c2ccc(F)cc2F)c2c(n1)O[C@H](CO)[C@@H](C)C2. The highest BCUT2D eigenvalue weighted by atomic mass is 19.1. The van der Waals surface area contributed by atoms with Gasteiger partial charge in [0.2, 0.25) is 5.88 Å². The van der Waals surface area contributed by atoms with Crippen LogP contribution in [0.25, 0.3) is 11.1 Å². The maximum Gasteiger partial charge on any atom is 0.357 e. The van der Waals surface area contributed by atoms with Crippen molar-refractivity contribution in [3.8, 4) is 17.0 Å². The number of nitrogens with zero attached hydrogens (tertiary/aromatic N) is 1.